The minimum absolute atomic E-state index is 0.00835. The summed E-state index contributed by atoms with van der Waals surface area (Å²) >= 11 is 0. The number of nitriles is 1. The van der Waals surface area contributed by atoms with E-state index in [4.69, 9.17) is 0 Å². The molecule has 2 amide bonds. The highest BCUT2D eigenvalue weighted by Crippen LogP contribution is 2.30. The average Bonchev–Trinajstić information content (AvgIpc) is 2.59. The van der Waals surface area contributed by atoms with Crippen LogP contribution in [0.3, 0.4) is 0 Å². The molecule has 1 fully saturated rings. The van der Waals surface area contributed by atoms with Crippen molar-refractivity contribution in [2.75, 3.05) is 13.1 Å². The van der Waals surface area contributed by atoms with E-state index in [9.17, 15) is 10.1 Å². The topological polar surface area (TPSA) is 56.1 Å². The molecule has 4 nitrogen and oxygen atoms in total. The van der Waals surface area contributed by atoms with Crippen LogP contribution in [0.1, 0.15) is 44.2 Å². The number of allylic oxidation sites excluding steroid dienone is 1. The third-order valence-corrected chi connectivity index (χ3v) is 4.58. The van der Waals surface area contributed by atoms with Crippen LogP contribution in [0.2, 0.25) is 0 Å². The van der Waals surface area contributed by atoms with Crippen LogP contribution in [0, 0.1) is 16.7 Å². The molecular weight excluding hydrogens is 286 g/mol. The zero-order valence-electron chi connectivity index (χ0n) is 13.8. The van der Waals surface area contributed by atoms with E-state index in [2.05, 4.69) is 18.0 Å². The largest absolute Gasteiger partial charge is 0.331 e. The first-order chi connectivity index (χ1) is 11.1. The van der Waals surface area contributed by atoms with Gasteiger partial charge in [0.05, 0.1) is 17.5 Å². The Balaban J connectivity index is 1.98. The van der Waals surface area contributed by atoms with Crippen LogP contribution in [0.15, 0.2) is 43.0 Å². The molecule has 1 heterocycles. The molecule has 0 saturated carbocycles. The average molecular weight is 311 g/mol. The Morgan fingerprint density at radius 1 is 1.43 bits per heavy atom. The monoisotopic (exact) mass is 311 g/mol. The Kier molecular flexibility index (Phi) is 5.81. The minimum atomic E-state index is -0.293. The molecule has 1 saturated heterocycles. The van der Waals surface area contributed by atoms with Crippen LogP contribution in [0.5, 0.6) is 0 Å². The van der Waals surface area contributed by atoms with E-state index < -0.39 is 0 Å². The van der Waals surface area contributed by atoms with E-state index in [1.165, 1.54) is 0 Å². The van der Waals surface area contributed by atoms with Crippen molar-refractivity contribution < 1.29 is 4.79 Å². The normalized spacial score (nSPS) is 17.8. The molecule has 0 bridgehead atoms. The molecule has 1 aliphatic heterocycles. The first-order valence-corrected chi connectivity index (χ1v) is 8.20. The number of rotatable bonds is 5. The molecule has 0 unspecified atom stereocenters. The Hall–Kier alpha value is -2.28. The maximum absolute atomic E-state index is 12.6. The van der Waals surface area contributed by atoms with Crippen molar-refractivity contribution in [3.05, 3.63) is 48.6 Å². The number of amides is 2. The van der Waals surface area contributed by atoms with Gasteiger partial charge in [-0.25, -0.2) is 4.79 Å². The van der Waals surface area contributed by atoms with Crippen LogP contribution in [0.4, 0.5) is 4.79 Å². The van der Waals surface area contributed by atoms with Crippen LogP contribution in [0.25, 0.3) is 0 Å². The number of nitrogens with one attached hydrogen (secondary N) is 1. The fourth-order valence-corrected chi connectivity index (χ4v) is 2.85. The van der Waals surface area contributed by atoms with Gasteiger partial charge in [0.15, 0.2) is 0 Å². The second kappa shape index (κ2) is 7.82. The van der Waals surface area contributed by atoms with Crippen molar-refractivity contribution in [1.29, 1.82) is 5.26 Å². The Morgan fingerprint density at radius 2 is 2.09 bits per heavy atom. The number of carbonyl (C=O) groups is 1. The fraction of sp³-hybridized carbons (Fsp3) is 0.474. The summed E-state index contributed by atoms with van der Waals surface area (Å²) in [5, 5.41) is 12.3. The predicted octanol–water partition coefficient (Wildman–Crippen LogP) is 4.03. The molecule has 23 heavy (non-hydrogen) atoms. The van der Waals surface area contributed by atoms with Gasteiger partial charge in [0, 0.05) is 13.1 Å². The van der Waals surface area contributed by atoms with Crippen molar-refractivity contribution in [3.63, 3.8) is 0 Å². The van der Waals surface area contributed by atoms with Gasteiger partial charge in [0.2, 0.25) is 0 Å². The number of benzene rings is 1. The molecule has 1 aromatic rings. The smallest absolute Gasteiger partial charge is 0.317 e. The van der Waals surface area contributed by atoms with Crippen LogP contribution in [-0.4, -0.2) is 24.0 Å². The summed E-state index contributed by atoms with van der Waals surface area (Å²) in [5.74, 6) is 0. The van der Waals surface area contributed by atoms with Gasteiger partial charge in [-0.15, -0.1) is 6.58 Å². The van der Waals surface area contributed by atoms with Gasteiger partial charge in [0.25, 0.3) is 0 Å². The van der Waals surface area contributed by atoms with E-state index in [1.54, 1.807) is 0 Å². The number of urea groups is 1. The number of nitrogens with zero attached hydrogens (tertiary/aromatic N) is 2. The second-order valence-electron chi connectivity index (χ2n) is 6.44. The quantitative estimate of drug-likeness (QED) is 0.835. The zero-order valence-corrected chi connectivity index (χ0v) is 13.8. The lowest BCUT2D eigenvalue weighted by Crippen LogP contribution is -2.47. The predicted molar refractivity (Wildman–Crippen MR) is 91.7 cm³/mol. The molecular formula is C19H25N3O. The molecule has 0 aromatic heterocycles. The third-order valence-electron chi connectivity index (χ3n) is 4.58. The molecule has 2 rings (SSSR count). The molecule has 4 heteroatoms. The molecule has 122 valence electrons. The molecule has 1 atom stereocenters. The first kappa shape index (κ1) is 17.1. The van der Waals surface area contributed by atoms with Crippen molar-refractivity contribution in [3.8, 4) is 6.07 Å². The molecule has 1 aromatic carbocycles. The van der Waals surface area contributed by atoms with Crippen molar-refractivity contribution in [2.45, 2.75) is 38.6 Å². The number of carbonyl (C=O) groups excluding carboxylic acids is 1. The SMILES string of the molecule is C=CCC[C@@H](NC(=O)N1CCC(C)(C#N)CC1)c1ccccc1. The summed E-state index contributed by atoms with van der Waals surface area (Å²) in [6.45, 7) is 7.01. The Morgan fingerprint density at radius 3 is 2.65 bits per heavy atom. The van der Waals surface area contributed by atoms with Crippen molar-refractivity contribution in [1.82, 2.24) is 10.2 Å². The van der Waals surface area contributed by atoms with E-state index in [0.29, 0.717) is 13.1 Å². The highest BCUT2D eigenvalue weighted by molar-refractivity contribution is 5.74. The van der Waals surface area contributed by atoms with Crippen LogP contribution >= 0.6 is 0 Å². The molecule has 0 radical (unpaired) electrons. The summed E-state index contributed by atoms with van der Waals surface area (Å²) in [7, 11) is 0. The van der Waals surface area contributed by atoms with Crippen LogP contribution < -0.4 is 5.32 Å². The summed E-state index contributed by atoms with van der Waals surface area (Å²) in [4.78, 5) is 14.4. The van der Waals surface area contributed by atoms with Gasteiger partial charge in [-0.2, -0.15) is 5.26 Å². The molecule has 1 aliphatic rings. The van der Waals surface area contributed by atoms with Gasteiger partial charge in [0.1, 0.15) is 0 Å². The van der Waals surface area contributed by atoms with Gasteiger partial charge in [-0.1, -0.05) is 36.4 Å². The summed E-state index contributed by atoms with van der Waals surface area (Å²) in [5.41, 5.74) is 0.819. The van der Waals surface area contributed by atoms with E-state index in [1.807, 2.05) is 48.2 Å². The highest BCUT2D eigenvalue weighted by Gasteiger charge is 2.32. The summed E-state index contributed by atoms with van der Waals surface area (Å²) in [6, 6.07) is 12.3. The van der Waals surface area contributed by atoms with E-state index in [0.717, 1.165) is 31.2 Å². The number of hydrogen-bond acceptors (Lipinski definition) is 2. The van der Waals surface area contributed by atoms with Gasteiger partial charge < -0.3 is 10.2 Å². The maximum Gasteiger partial charge on any atom is 0.317 e. The first-order valence-electron chi connectivity index (χ1n) is 8.20. The Bertz CT molecular complexity index is 568. The van der Waals surface area contributed by atoms with Gasteiger partial charge >= 0.3 is 6.03 Å². The Labute approximate surface area is 138 Å². The van der Waals surface area contributed by atoms with Crippen molar-refractivity contribution in [2.24, 2.45) is 5.41 Å². The van der Waals surface area contributed by atoms with Gasteiger partial charge in [-0.3, -0.25) is 0 Å². The van der Waals surface area contributed by atoms with E-state index >= 15 is 0 Å². The zero-order chi connectivity index (χ0) is 16.7. The summed E-state index contributed by atoms with van der Waals surface area (Å²) in [6.07, 6.45) is 5.04. The molecule has 1 N–H and O–H groups in total. The van der Waals surface area contributed by atoms with Crippen LogP contribution in [-0.2, 0) is 0 Å². The third kappa shape index (κ3) is 4.59. The number of piperidine rings is 1. The fourth-order valence-electron chi connectivity index (χ4n) is 2.85. The number of hydrogen-bond donors (Lipinski definition) is 1. The molecule has 0 spiro atoms. The van der Waals surface area contributed by atoms with Gasteiger partial charge in [-0.05, 0) is 38.2 Å². The number of likely N-dealkylation sites (tertiary alicyclic amines) is 1. The minimum Gasteiger partial charge on any atom is -0.331 e. The standard InChI is InChI=1S/C19H25N3O/c1-3-4-10-17(16-8-6-5-7-9-16)21-18(23)22-13-11-19(2,15-20)12-14-22/h3,5-9,17H,1,4,10-14H2,2H3,(H,21,23)/t17-/m1/s1. The lowest BCUT2D eigenvalue weighted by atomic mass is 9.82. The lowest BCUT2D eigenvalue weighted by molar-refractivity contribution is 0.153. The lowest BCUT2D eigenvalue weighted by Gasteiger charge is -2.35. The summed E-state index contributed by atoms with van der Waals surface area (Å²) < 4.78 is 0. The van der Waals surface area contributed by atoms with E-state index in [-0.39, 0.29) is 17.5 Å². The van der Waals surface area contributed by atoms with Crippen molar-refractivity contribution >= 4 is 6.03 Å². The molecule has 0 aliphatic carbocycles. The highest BCUT2D eigenvalue weighted by atomic mass is 16.2. The maximum atomic E-state index is 12.6. The second-order valence-corrected chi connectivity index (χ2v) is 6.44.